The van der Waals surface area contributed by atoms with Crippen LogP contribution in [0.4, 0.5) is 0 Å². The van der Waals surface area contributed by atoms with Gasteiger partial charge in [0.15, 0.2) is 0 Å². The lowest BCUT2D eigenvalue weighted by Gasteiger charge is -2.13. The molecule has 2 N–H and O–H groups in total. The van der Waals surface area contributed by atoms with Crippen LogP contribution in [-0.2, 0) is 10.0 Å². The maximum atomic E-state index is 11.8. The number of aliphatic hydroxyl groups excluding tert-OH is 1. The Labute approximate surface area is 82.4 Å². The minimum absolute atomic E-state index is 0.202. The first-order valence-electron chi connectivity index (χ1n) is 4.42. The van der Waals surface area contributed by atoms with Gasteiger partial charge in [-0.2, -0.15) is 4.31 Å². The van der Waals surface area contributed by atoms with Crippen LogP contribution in [-0.4, -0.2) is 42.0 Å². The third-order valence-electron chi connectivity index (χ3n) is 2.33. The second-order valence-electron chi connectivity index (χ2n) is 3.35. The van der Waals surface area contributed by atoms with Gasteiger partial charge in [0.05, 0.1) is 11.0 Å². The Bertz CT molecular complexity index is 398. The van der Waals surface area contributed by atoms with Gasteiger partial charge in [-0.25, -0.2) is 8.42 Å². The number of hydrogen-bond donors (Lipinski definition) is 2. The van der Waals surface area contributed by atoms with Crippen molar-refractivity contribution < 1.29 is 13.5 Å². The molecule has 2 heterocycles. The molecule has 78 valence electrons. The van der Waals surface area contributed by atoms with Crippen LogP contribution in [0.25, 0.3) is 0 Å². The van der Waals surface area contributed by atoms with E-state index in [0.717, 1.165) is 0 Å². The zero-order valence-electron chi connectivity index (χ0n) is 7.55. The molecule has 0 bridgehead atoms. The summed E-state index contributed by atoms with van der Waals surface area (Å²) in [6, 6.07) is 1.51. The average Bonchev–Trinajstić information content (AvgIpc) is 2.72. The summed E-state index contributed by atoms with van der Waals surface area (Å²) in [5.41, 5.74) is 0. The average molecular weight is 216 g/mol. The second kappa shape index (κ2) is 3.38. The van der Waals surface area contributed by atoms with E-state index in [1.54, 1.807) is 6.20 Å². The monoisotopic (exact) mass is 216 g/mol. The highest BCUT2D eigenvalue weighted by Gasteiger charge is 2.31. The van der Waals surface area contributed by atoms with Gasteiger partial charge in [0.25, 0.3) is 0 Å². The molecule has 0 radical (unpaired) electrons. The smallest absolute Gasteiger partial charge is 0.244 e. The summed E-state index contributed by atoms with van der Waals surface area (Å²) in [5, 5.41) is 9.25. The van der Waals surface area contributed by atoms with Crippen LogP contribution in [0.1, 0.15) is 6.42 Å². The predicted molar refractivity (Wildman–Crippen MR) is 50.2 cm³/mol. The van der Waals surface area contributed by atoms with Crippen LogP contribution >= 0.6 is 0 Å². The fourth-order valence-electron chi connectivity index (χ4n) is 1.55. The molecule has 0 spiro atoms. The Morgan fingerprint density at radius 3 is 2.86 bits per heavy atom. The van der Waals surface area contributed by atoms with Crippen molar-refractivity contribution in [2.24, 2.45) is 0 Å². The SMILES string of the molecule is O=S(=O)(c1cc[nH]c1)N1CCC(O)C1. The maximum absolute atomic E-state index is 11.8. The van der Waals surface area contributed by atoms with Crippen molar-refractivity contribution in [1.29, 1.82) is 0 Å². The van der Waals surface area contributed by atoms with Crippen LogP contribution in [0.2, 0.25) is 0 Å². The number of rotatable bonds is 2. The quantitative estimate of drug-likeness (QED) is 0.717. The molecule has 1 aromatic rings. The molecule has 2 rings (SSSR count). The number of nitrogens with zero attached hydrogens (tertiary/aromatic N) is 1. The van der Waals surface area contributed by atoms with Crippen LogP contribution in [0.15, 0.2) is 23.4 Å². The third kappa shape index (κ3) is 1.56. The Morgan fingerprint density at radius 1 is 1.57 bits per heavy atom. The highest BCUT2D eigenvalue weighted by Crippen LogP contribution is 2.20. The summed E-state index contributed by atoms with van der Waals surface area (Å²) >= 11 is 0. The molecule has 1 fully saturated rings. The standard InChI is InChI=1S/C8H12N2O3S/c11-7-2-4-10(6-7)14(12,13)8-1-3-9-5-8/h1,3,5,7,9,11H,2,4,6H2. The Balaban J connectivity index is 2.26. The topological polar surface area (TPSA) is 73.4 Å². The normalized spacial score (nSPS) is 24.2. The van der Waals surface area contributed by atoms with Gasteiger partial charge in [0.2, 0.25) is 10.0 Å². The van der Waals surface area contributed by atoms with Gasteiger partial charge < -0.3 is 10.1 Å². The fraction of sp³-hybridized carbons (Fsp3) is 0.500. The van der Waals surface area contributed by atoms with Crippen molar-refractivity contribution in [2.45, 2.75) is 17.4 Å². The van der Waals surface area contributed by atoms with Gasteiger partial charge in [-0.15, -0.1) is 0 Å². The van der Waals surface area contributed by atoms with Crippen LogP contribution in [0.3, 0.4) is 0 Å². The number of nitrogens with one attached hydrogen (secondary N) is 1. The van der Waals surface area contributed by atoms with Crippen molar-refractivity contribution in [1.82, 2.24) is 9.29 Å². The van der Waals surface area contributed by atoms with Gasteiger partial charge >= 0.3 is 0 Å². The summed E-state index contributed by atoms with van der Waals surface area (Å²) in [7, 11) is -3.39. The van der Waals surface area contributed by atoms with Crippen molar-refractivity contribution in [2.75, 3.05) is 13.1 Å². The molecular weight excluding hydrogens is 204 g/mol. The molecular formula is C8H12N2O3S. The lowest BCUT2D eigenvalue weighted by atomic mass is 10.3. The lowest BCUT2D eigenvalue weighted by molar-refractivity contribution is 0.189. The first-order chi connectivity index (χ1) is 6.60. The van der Waals surface area contributed by atoms with E-state index in [2.05, 4.69) is 4.98 Å². The largest absolute Gasteiger partial charge is 0.392 e. The van der Waals surface area contributed by atoms with Crippen LogP contribution < -0.4 is 0 Å². The van der Waals surface area contributed by atoms with E-state index in [1.807, 2.05) is 0 Å². The number of β-amino-alcohol motifs (C(OH)–C–C–N with tert-alkyl or cyclic N) is 1. The van der Waals surface area contributed by atoms with Crippen LogP contribution in [0.5, 0.6) is 0 Å². The molecule has 0 aromatic carbocycles. The summed E-state index contributed by atoms with van der Waals surface area (Å²) < 4.78 is 25.0. The predicted octanol–water partition coefficient (Wildman–Crippen LogP) is -0.230. The van der Waals surface area contributed by atoms with E-state index < -0.39 is 16.1 Å². The molecule has 0 saturated carbocycles. The Hall–Kier alpha value is -0.850. The van der Waals surface area contributed by atoms with E-state index in [9.17, 15) is 13.5 Å². The van der Waals surface area contributed by atoms with Crippen molar-refractivity contribution >= 4 is 10.0 Å². The first kappa shape index (κ1) is 9.70. The molecule has 6 heteroatoms. The third-order valence-corrected chi connectivity index (χ3v) is 4.19. The number of H-pyrrole nitrogens is 1. The summed E-state index contributed by atoms with van der Waals surface area (Å²) in [5.74, 6) is 0. The van der Waals surface area contributed by atoms with E-state index in [-0.39, 0.29) is 11.4 Å². The fourth-order valence-corrected chi connectivity index (χ4v) is 3.02. The Morgan fingerprint density at radius 2 is 2.36 bits per heavy atom. The summed E-state index contributed by atoms with van der Waals surface area (Å²) in [4.78, 5) is 2.96. The van der Waals surface area contributed by atoms with Crippen molar-refractivity contribution in [3.8, 4) is 0 Å². The molecule has 0 amide bonds. The molecule has 1 aliphatic heterocycles. The van der Waals surface area contributed by atoms with E-state index in [1.165, 1.54) is 16.6 Å². The first-order valence-corrected chi connectivity index (χ1v) is 5.86. The molecule has 0 aliphatic carbocycles. The number of hydrogen-bond acceptors (Lipinski definition) is 3. The minimum Gasteiger partial charge on any atom is -0.392 e. The number of sulfonamides is 1. The van der Waals surface area contributed by atoms with E-state index in [4.69, 9.17) is 0 Å². The molecule has 1 aliphatic rings. The molecule has 1 aromatic heterocycles. The Kier molecular flexibility index (Phi) is 2.34. The molecule has 1 unspecified atom stereocenters. The van der Waals surface area contributed by atoms with E-state index in [0.29, 0.717) is 13.0 Å². The highest BCUT2D eigenvalue weighted by molar-refractivity contribution is 7.89. The molecule has 14 heavy (non-hydrogen) atoms. The maximum Gasteiger partial charge on any atom is 0.244 e. The minimum atomic E-state index is -3.39. The van der Waals surface area contributed by atoms with Gasteiger partial charge in [-0.05, 0) is 12.5 Å². The summed E-state index contributed by atoms with van der Waals surface area (Å²) in [6.07, 6.45) is 3.01. The zero-order valence-corrected chi connectivity index (χ0v) is 8.37. The van der Waals surface area contributed by atoms with Crippen molar-refractivity contribution in [3.63, 3.8) is 0 Å². The number of aromatic nitrogens is 1. The summed E-state index contributed by atoms with van der Waals surface area (Å²) in [6.45, 7) is 0.599. The van der Waals surface area contributed by atoms with Gasteiger partial charge in [-0.1, -0.05) is 0 Å². The molecule has 1 atom stereocenters. The number of aliphatic hydroxyl groups is 1. The second-order valence-corrected chi connectivity index (χ2v) is 5.29. The van der Waals surface area contributed by atoms with Crippen LogP contribution in [0, 0.1) is 0 Å². The van der Waals surface area contributed by atoms with E-state index >= 15 is 0 Å². The molecule has 5 nitrogen and oxygen atoms in total. The van der Waals surface area contributed by atoms with Gasteiger partial charge in [0, 0.05) is 25.5 Å². The highest BCUT2D eigenvalue weighted by atomic mass is 32.2. The van der Waals surface area contributed by atoms with Gasteiger partial charge in [-0.3, -0.25) is 0 Å². The lowest BCUT2D eigenvalue weighted by Crippen LogP contribution is -2.29. The van der Waals surface area contributed by atoms with Crippen molar-refractivity contribution in [3.05, 3.63) is 18.5 Å². The number of aromatic amines is 1. The zero-order chi connectivity index (χ0) is 10.2. The van der Waals surface area contributed by atoms with Gasteiger partial charge in [0.1, 0.15) is 0 Å². The molecule has 1 saturated heterocycles.